The van der Waals surface area contributed by atoms with Crippen LogP contribution in [-0.4, -0.2) is 60.2 Å². The Balaban J connectivity index is 1.40. The Morgan fingerprint density at radius 1 is 1.00 bits per heavy atom. The van der Waals surface area contributed by atoms with Crippen molar-refractivity contribution in [3.8, 4) is 0 Å². The average Bonchev–Trinajstić information content (AvgIpc) is 3.55. The number of nitrogens with zero attached hydrogens (tertiary/aromatic N) is 5. The Labute approximate surface area is 166 Å². The molecule has 7 nitrogen and oxygen atoms in total. The highest BCUT2D eigenvalue weighted by Crippen LogP contribution is 2.36. The third-order valence-electron chi connectivity index (χ3n) is 5.47. The number of anilines is 3. The van der Waals surface area contributed by atoms with E-state index in [1.165, 1.54) is 12.8 Å². The second-order valence-electron chi connectivity index (χ2n) is 7.78. The standard InChI is InChI=1S/C21H28N6O/c1-25(2)19-14-20(23-15-22-19)27(17-8-9-17)18-10-12-26(13-11-18)21(28)24-16-6-4-3-5-7-16/h3-7,14-15,17-18H,8-13H2,1-2H3,(H,24,28). The summed E-state index contributed by atoms with van der Waals surface area (Å²) in [5.41, 5.74) is 0.839. The lowest BCUT2D eigenvalue weighted by Crippen LogP contribution is -2.49. The number of aromatic nitrogens is 2. The number of nitrogens with one attached hydrogen (secondary N) is 1. The van der Waals surface area contributed by atoms with Crippen LogP contribution in [0.5, 0.6) is 0 Å². The molecule has 0 spiro atoms. The van der Waals surface area contributed by atoms with Crippen molar-refractivity contribution < 1.29 is 4.79 Å². The molecule has 0 atom stereocenters. The monoisotopic (exact) mass is 380 g/mol. The third-order valence-corrected chi connectivity index (χ3v) is 5.47. The normalized spacial score (nSPS) is 17.3. The highest BCUT2D eigenvalue weighted by atomic mass is 16.2. The molecule has 0 radical (unpaired) electrons. The van der Waals surface area contributed by atoms with Crippen LogP contribution in [0.3, 0.4) is 0 Å². The van der Waals surface area contributed by atoms with Gasteiger partial charge in [0, 0.05) is 51.0 Å². The van der Waals surface area contributed by atoms with Crippen molar-refractivity contribution in [3.63, 3.8) is 0 Å². The highest BCUT2D eigenvalue weighted by Gasteiger charge is 2.37. The van der Waals surface area contributed by atoms with Gasteiger partial charge in [-0.25, -0.2) is 14.8 Å². The zero-order chi connectivity index (χ0) is 19.5. The number of carbonyl (C=O) groups excluding carboxylic acids is 1. The fourth-order valence-electron chi connectivity index (χ4n) is 3.82. The molecule has 28 heavy (non-hydrogen) atoms. The fraction of sp³-hybridized carbons (Fsp3) is 0.476. The number of carbonyl (C=O) groups is 1. The number of piperidine rings is 1. The summed E-state index contributed by atoms with van der Waals surface area (Å²) >= 11 is 0. The van der Waals surface area contributed by atoms with Crippen LogP contribution in [0.15, 0.2) is 42.7 Å². The predicted octanol–water partition coefficient (Wildman–Crippen LogP) is 3.21. The van der Waals surface area contributed by atoms with E-state index in [2.05, 4.69) is 26.3 Å². The molecule has 1 aromatic heterocycles. The van der Waals surface area contributed by atoms with Gasteiger partial charge in [-0.3, -0.25) is 0 Å². The minimum atomic E-state index is -0.0143. The number of benzene rings is 1. The maximum absolute atomic E-state index is 12.6. The Bertz CT molecular complexity index is 800. The van der Waals surface area contributed by atoms with Crippen molar-refractivity contribution in [3.05, 3.63) is 42.7 Å². The molecule has 2 amide bonds. The lowest BCUT2D eigenvalue weighted by atomic mass is 10.0. The lowest BCUT2D eigenvalue weighted by molar-refractivity contribution is 0.193. The SMILES string of the molecule is CN(C)c1cc(N(C2CC2)C2CCN(C(=O)Nc3ccccc3)CC2)ncn1. The van der Waals surface area contributed by atoms with Gasteiger partial charge in [0.1, 0.15) is 18.0 Å². The first-order valence-electron chi connectivity index (χ1n) is 10.0. The van der Waals surface area contributed by atoms with E-state index in [1.54, 1.807) is 6.33 Å². The second kappa shape index (κ2) is 8.04. The van der Waals surface area contributed by atoms with Crippen molar-refractivity contribution in [2.45, 2.75) is 37.8 Å². The van der Waals surface area contributed by atoms with Gasteiger partial charge < -0.3 is 20.0 Å². The number of likely N-dealkylation sites (tertiary alicyclic amines) is 1. The number of rotatable bonds is 5. The molecule has 1 aliphatic heterocycles. The summed E-state index contributed by atoms with van der Waals surface area (Å²) in [5, 5.41) is 2.99. The highest BCUT2D eigenvalue weighted by molar-refractivity contribution is 5.89. The molecule has 2 aliphatic rings. The quantitative estimate of drug-likeness (QED) is 0.863. The molecule has 0 bridgehead atoms. The molecule has 2 aromatic rings. The topological polar surface area (TPSA) is 64.6 Å². The number of urea groups is 1. The van der Waals surface area contributed by atoms with Crippen LogP contribution in [0, 0.1) is 0 Å². The van der Waals surface area contributed by atoms with Crippen LogP contribution in [0.4, 0.5) is 22.1 Å². The first-order valence-corrected chi connectivity index (χ1v) is 10.0. The maximum atomic E-state index is 12.6. The van der Waals surface area contributed by atoms with E-state index >= 15 is 0 Å². The number of hydrogen-bond donors (Lipinski definition) is 1. The van der Waals surface area contributed by atoms with Crippen molar-refractivity contribution in [2.24, 2.45) is 0 Å². The Morgan fingerprint density at radius 2 is 1.64 bits per heavy atom. The smallest absolute Gasteiger partial charge is 0.321 e. The summed E-state index contributed by atoms with van der Waals surface area (Å²) in [4.78, 5) is 27.9. The van der Waals surface area contributed by atoms with Gasteiger partial charge in [0.25, 0.3) is 0 Å². The summed E-state index contributed by atoms with van der Waals surface area (Å²) in [6.07, 6.45) is 6.01. The van der Waals surface area contributed by atoms with Gasteiger partial charge in [-0.05, 0) is 37.8 Å². The first kappa shape index (κ1) is 18.5. The molecule has 1 saturated carbocycles. The molecule has 1 aliphatic carbocycles. The number of hydrogen-bond acceptors (Lipinski definition) is 5. The van der Waals surface area contributed by atoms with Gasteiger partial charge >= 0.3 is 6.03 Å². The first-order chi connectivity index (χ1) is 13.6. The van der Waals surface area contributed by atoms with Crippen molar-refractivity contribution >= 4 is 23.4 Å². The largest absolute Gasteiger partial charge is 0.363 e. The second-order valence-corrected chi connectivity index (χ2v) is 7.78. The van der Waals surface area contributed by atoms with E-state index in [0.717, 1.165) is 43.3 Å². The Kier molecular flexibility index (Phi) is 5.32. The van der Waals surface area contributed by atoms with Crippen LogP contribution in [-0.2, 0) is 0 Å². The van der Waals surface area contributed by atoms with E-state index in [9.17, 15) is 4.79 Å². The molecule has 2 fully saturated rings. The van der Waals surface area contributed by atoms with E-state index in [-0.39, 0.29) is 6.03 Å². The zero-order valence-corrected chi connectivity index (χ0v) is 16.6. The van der Waals surface area contributed by atoms with Crippen LogP contribution in [0.1, 0.15) is 25.7 Å². The average molecular weight is 380 g/mol. The summed E-state index contributed by atoms with van der Waals surface area (Å²) in [6.45, 7) is 1.52. The van der Waals surface area contributed by atoms with Crippen LogP contribution >= 0.6 is 0 Å². The summed E-state index contributed by atoms with van der Waals surface area (Å²) in [6, 6.07) is 12.7. The molecule has 7 heteroatoms. The van der Waals surface area contributed by atoms with E-state index < -0.39 is 0 Å². The van der Waals surface area contributed by atoms with Gasteiger partial charge in [0.05, 0.1) is 0 Å². The minimum Gasteiger partial charge on any atom is -0.363 e. The van der Waals surface area contributed by atoms with Gasteiger partial charge in [0.15, 0.2) is 0 Å². The van der Waals surface area contributed by atoms with Crippen molar-refractivity contribution in [1.29, 1.82) is 0 Å². The van der Waals surface area contributed by atoms with E-state index in [1.807, 2.05) is 54.2 Å². The van der Waals surface area contributed by atoms with Gasteiger partial charge in [0.2, 0.25) is 0 Å². The third kappa shape index (κ3) is 4.18. The zero-order valence-electron chi connectivity index (χ0n) is 16.6. The molecule has 1 aromatic carbocycles. The lowest BCUT2D eigenvalue weighted by Gasteiger charge is -2.39. The van der Waals surface area contributed by atoms with Crippen LogP contribution in [0.2, 0.25) is 0 Å². The summed E-state index contributed by atoms with van der Waals surface area (Å²) < 4.78 is 0. The fourth-order valence-corrected chi connectivity index (χ4v) is 3.82. The maximum Gasteiger partial charge on any atom is 0.321 e. The van der Waals surface area contributed by atoms with Crippen molar-refractivity contribution in [1.82, 2.24) is 14.9 Å². The summed E-state index contributed by atoms with van der Waals surface area (Å²) in [5.74, 6) is 1.93. The van der Waals surface area contributed by atoms with E-state index in [0.29, 0.717) is 12.1 Å². The van der Waals surface area contributed by atoms with Crippen molar-refractivity contribution in [2.75, 3.05) is 42.3 Å². The molecule has 1 saturated heterocycles. The minimum absolute atomic E-state index is 0.0143. The molecule has 148 valence electrons. The van der Waals surface area contributed by atoms with Gasteiger partial charge in [-0.2, -0.15) is 0 Å². The van der Waals surface area contributed by atoms with Gasteiger partial charge in [-0.1, -0.05) is 18.2 Å². The molecule has 1 N–H and O–H groups in total. The Morgan fingerprint density at radius 3 is 2.29 bits per heavy atom. The molecular formula is C21H28N6O. The van der Waals surface area contributed by atoms with Gasteiger partial charge in [-0.15, -0.1) is 0 Å². The van der Waals surface area contributed by atoms with E-state index in [4.69, 9.17) is 0 Å². The van der Waals surface area contributed by atoms with Crippen LogP contribution in [0.25, 0.3) is 0 Å². The number of amides is 2. The summed E-state index contributed by atoms with van der Waals surface area (Å²) in [7, 11) is 3.99. The Hall–Kier alpha value is -2.83. The van der Waals surface area contributed by atoms with Crippen LogP contribution < -0.4 is 15.1 Å². The molecular weight excluding hydrogens is 352 g/mol. The predicted molar refractivity (Wildman–Crippen MR) is 112 cm³/mol. The molecule has 4 rings (SSSR count). The number of para-hydroxylation sites is 1. The molecule has 0 unspecified atom stereocenters. The molecule has 2 heterocycles.